The molecule has 2 aromatic rings. The molecule has 0 saturated carbocycles. The van der Waals surface area contributed by atoms with E-state index in [0.29, 0.717) is 0 Å². The summed E-state index contributed by atoms with van der Waals surface area (Å²) in [7, 11) is 0. The fraction of sp³-hybridized carbons (Fsp3) is 0.250. The Morgan fingerprint density at radius 2 is 1.67 bits per heavy atom. The minimum Gasteiger partial charge on any atom is -0.0914 e. The molecule has 2 rings (SSSR count). The van der Waals surface area contributed by atoms with Gasteiger partial charge in [0, 0.05) is 0 Å². The molecule has 0 radical (unpaired) electrons. The Morgan fingerprint density at radius 3 is 2.33 bits per heavy atom. The van der Waals surface area contributed by atoms with Crippen molar-refractivity contribution in [2.45, 2.75) is 40.5 Å². The van der Waals surface area contributed by atoms with E-state index in [0.717, 1.165) is 12.8 Å². The summed E-state index contributed by atoms with van der Waals surface area (Å²) in [5.41, 5.74) is 7.94. The summed E-state index contributed by atoms with van der Waals surface area (Å²) in [6.07, 6.45) is 12.9. The Kier molecular flexibility index (Phi) is 6.81. The van der Waals surface area contributed by atoms with E-state index in [-0.39, 0.29) is 0 Å². The van der Waals surface area contributed by atoms with E-state index >= 15 is 0 Å². The third-order valence-electron chi connectivity index (χ3n) is 4.29. The van der Waals surface area contributed by atoms with E-state index in [9.17, 15) is 0 Å². The third kappa shape index (κ3) is 4.83. The van der Waals surface area contributed by atoms with Crippen molar-refractivity contribution in [2.75, 3.05) is 0 Å². The molecule has 0 saturated heterocycles. The van der Waals surface area contributed by atoms with Gasteiger partial charge in [-0.25, -0.2) is 0 Å². The monoisotopic (exact) mass is 316 g/mol. The van der Waals surface area contributed by atoms with Crippen LogP contribution < -0.4 is 0 Å². The molecule has 0 heterocycles. The maximum atomic E-state index is 2.33. The van der Waals surface area contributed by atoms with Crippen molar-refractivity contribution in [2.24, 2.45) is 0 Å². The first kappa shape index (κ1) is 18.0. The summed E-state index contributed by atoms with van der Waals surface area (Å²) in [5, 5.41) is 0. The molecule has 0 bridgehead atoms. The average Bonchev–Trinajstić information content (AvgIpc) is 2.61. The van der Waals surface area contributed by atoms with Gasteiger partial charge < -0.3 is 0 Å². The van der Waals surface area contributed by atoms with Crippen LogP contribution >= 0.6 is 0 Å². The molecular weight excluding hydrogens is 288 g/mol. The van der Waals surface area contributed by atoms with E-state index in [1.54, 1.807) is 0 Å². The molecule has 0 N–H and O–H groups in total. The van der Waals surface area contributed by atoms with Crippen molar-refractivity contribution < 1.29 is 0 Å². The zero-order valence-corrected chi connectivity index (χ0v) is 15.3. The van der Waals surface area contributed by atoms with Gasteiger partial charge >= 0.3 is 0 Å². The van der Waals surface area contributed by atoms with Crippen LogP contribution in [0.5, 0.6) is 0 Å². The predicted molar refractivity (Wildman–Crippen MR) is 108 cm³/mol. The number of rotatable bonds is 6. The van der Waals surface area contributed by atoms with Crippen molar-refractivity contribution >= 4 is 5.57 Å². The molecule has 0 spiro atoms. The highest BCUT2D eigenvalue weighted by Gasteiger charge is 2.06. The van der Waals surface area contributed by atoms with Crippen molar-refractivity contribution in [3.63, 3.8) is 0 Å². The highest BCUT2D eigenvalue weighted by atomic mass is 14.1. The quantitative estimate of drug-likeness (QED) is 0.392. The molecule has 124 valence electrons. The molecule has 0 atom stereocenters. The predicted octanol–water partition coefficient (Wildman–Crippen LogP) is 7.15. The second-order valence-electron chi connectivity index (χ2n) is 6.17. The molecule has 0 nitrogen and oxygen atoms in total. The third-order valence-corrected chi connectivity index (χ3v) is 4.29. The van der Waals surface area contributed by atoms with Crippen LogP contribution in [0.1, 0.15) is 43.9 Å². The number of benzene rings is 2. The molecule has 0 aliphatic rings. The summed E-state index contributed by atoms with van der Waals surface area (Å²) in [4.78, 5) is 0. The van der Waals surface area contributed by atoms with Gasteiger partial charge in [-0.15, -0.1) is 0 Å². The number of aryl methyl sites for hydroxylation is 2. The Morgan fingerprint density at radius 1 is 0.958 bits per heavy atom. The van der Waals surface area contributed by atoms with Crippen molar-refractivity contribution in [1.82, 2.24) is 0 Å². The van der Waals surface area contributed by atoms with Crippen LogP contribution in [0, 0.1) is 6.92 Å². The molecule has 0 amide bonds. The molecule has 0 aromatic heterocycles. The first-order valence-electron chi connectivity index (χ1n) is 8.80. The fourth-order valence-corrected chi connectivity index (χ4v) is 2.77. The summed E-state index contributed by atoms with van der Waals surface area (Å²) >= 11 is 0. The molecule has 24 heavy (non-hydrogen) atoms. The smallest absolute Gasteiger partial charge is 0.0166 e. The molecule has 0 aliphatic heterocycles. The van der Waals surface area contributed by atoms with Crippen LogP contribution in [0.25, 0.3) is 16.7 Å². The highest BCUT2D eigenvalue weighted by Crippen LogP contribution is 2.27. The lowest BCUT2D eigenvalue weighted by Gasteiger charge is -2.11. The minimum atomic E-state index is 0.990. The van der Waals surface area contributed by atoms with Gasteiger partial charge in [0.25, 0.3) is 0 Å². The summed E-state index contributed by atoms with van der Waals surface area (Å²) < 4.78 is 0. The lowest BCUT2D eigenvalue weighted by atomic mass is 9.93. The molecule has 0 unspecified atom stereocenters. The van der Waals surface area contributed by atoms with Crippen molar-refractivity contribution in [1.29, 1.82) is 0 Å². The van der Waals surface area contributed by atoms with Gasteiger partial charge in [0.2, 0.25) is 0 Å². The van der Waals surface area contributed by atoms with Gasteiger partial charge in [0.05, 0.1) is 0 Å². The topological polar surface area (TPSA) is 0 Å². The number of allylic oxidation sites excluding steroid dienone is 6. The second-order valence-corrected chi connectivity index (χ2v) is 6.17. The largest absolute Gasteiger partial charge is 0.0914 e. The zero-order valence-electron chi connectivity index (χ0n) is 15.3. The minimum absolute atomic E-state index is 0.990. The van der Waals surface area contributed by atoms with Crippen LogP contribution in [0.2, 0.25) is 0 Å². The Balaban J connectivity index is 2.33. The standard InChI is InChI=1S/C24H28/c1-5-7-8-9-10-11-20(4)24-18-23(17-16-21(24)6-2)22-14-12-19(3)13-15-22/h5,7,9-18H,6,8H2,1-4H3/b7-5?,10-9-,20-11+. The summed E-state index contributed by atoms with van der Waals surface area (Å²) in [6.45, 7) is 8.61. The second kappa shape index (κ2) is 9.08. The molecule has 0 aliphatic carbocycles. The van der Waals surface area contributed by atoms with E-state index in [1.165, 1.54) is 33.4 Å². The Hall–Kier alpha value is -2.34. The van der Waals surface area contributed by atoms with Crippen LogP contribution in [0.3, 0.4) is 0 Å². The van der Waals surface area contributed by atoms with Gasteiger partial charge in [-0.3, -0.25) is 0 Å². The molecular formula is C24H28. The van der Waals surface area contributed by atoms with E-state index in [2.05, 4.69) is 101 Å². The van der Waals surface area contributed by atoms with Gasteiger partial charge in [-0.2, -0.15) is 0 Å². The van der Waals surface area contributed by atoms with Crippen molar-refractivity contribution in [3.8, 4) is 11.1 Å². The fourth-order valence-electron chi connectivity index (χ4n) is 2.77. The molecule has 2 aromatic carbocycles. The van der Waals surface area contributed by atoms with Gasteiger partial charge in [-0.05, 0) is 67.5 Å². The zero-order chi connectivity index (χ0) is 17.4. The highest BCUT2D eigenvalue weighted by molar-refractivity contribution is 5.74. The van der Waals surface area contributed by atoms with E-state index in [1.807, 2.05) is 0 Å². The van der Waals surface area contributed by atoms with Crippen molar-refractivity contribution in [3.05, 3.63) is 89.5 Å². The van der Waals surface area contributed by atoms with Crippen LogP contribution in [0.4, 0.5) is 0 Å². The molecule has 0 heteroatoms. The van der Waals surface area contributed by atoms with Gasteiger partial charge in [-0.1, -0.05) is 79.3 Å². The van der Waals surface area contributed by atoms with Crippen LogP contribution in [-0.2, 0) is 6.42 Å². The Labute approximate surface area is 147 Å². The van der Waals surface area contributed by atoms with Gasteiger partial charge in [0.1, 0.15) is 0 Å². The average molecular weight is 316 g/mol. The number of hydrogen-bond acceptors (Lipinski definition) is 0. The number of hydrogen-bond donors (Lipinski definition) is 0. The Bertz CT molecular complexity index is 740. The van der Waals surface area contributed by atoms with Crippen LogP contribution in [-0.4, -0.2) is 0 Å². The maximum absolute atomic E-state index is 2.33. The summed E-state index contributed by atoms with van der Waals surface area (Å²) in [6, 6.07) is 15.6. The lowest BCUT2D eigenvalue weighted by Crippen LogP contribution is -1.91. The SMILES string of the molecule is CC=CC/C=C\C=C(/C)c1cc(-c2ccc(C)cc2)ccc1CC. The first-order chi connectivity index (χ1) is 11.7. The van der Waals surface area contributed by atoms with Gasteiger partial charge in [0.15, 0.2) is 0 Å². The van der Waals surface area contributed by atoms with E-state index in [4.69, 9.17) is 0 Å². The maximum Gasteiger partial charge on any atom is -0.0166 e. The lowest BCUT2D eigenvalue weighted by molar-refractivity contribution is 1.13. The summed E-state index contributed by atoms with van der Waals surface area (Å²) in [5.74, 6) is 0. The first-order valence-corrected chi connectivity index (χ1v) is 8.80. The molecule has 0 fully saturated rings. The van der Waals surface area contributed by atoms with Crippen LogP contribution in [0.15, 0.2) is 72.8 Å². The normalized spacial score (nSPS) is 12.4. The van der Waals surface area contributed by atoms with E-state index < -0.39 is 0 Å².